The molecule has 39 heavy (non-hydrogen) atoms. The lowest BCUT2D eigenvalue weighted by atomic mass is 9.55. The second-order valence-corrected chi connectivity index (χ2v) is 10.8. The average molecular weight is 535 g/mol. The van der Waals surface area contributed by atoms with Crippen molar-refractivity contribution in [3.05, 3.63) is 75.8 Å². The number of aryl methyl sites for hydroxylation is 1. The Kier molecular flexibility index (Phi) is 5.98. The molecule has 0 spiro atoms. The number of nitrogens with two attached hydrogens (primary N) is 1. The molecule has 10 heteroatoms. The van der Waals surface area contributed by atoms with E-state index in [0.717, 1.165) is 5.56 Å². The highest BCUT2D eigenvalue weighted by Crippen LogP contribution is 2.56. The summed E-state index contributed by atoms with van der Waals surface area (Å²) in [6.07, 6.45) is -1.63. The highest BCUT2D eigenvalue weighted by molar-refractivity contribution is 6.25. The second-order valence-electron chi connectivity index (χ2n) is 10.8. The number of primary amides is 1. The van der Waals surface area contributed by atoms with Gasteiger partial charge in [0, 0.05) is 17.1 Å². The Bertz CT molecular complexity index is 1510. The van der Waals surface area contributed by atoms with Crippen LogP contribution in [0, 0.1) is 18.8 Å². The average Bonchev–Trinajstić information content (AvgIpc) is 2.86. The molecule has 0 fully saturated rings. The van der Waals surface area contributed by atoms with Crippen molar-refractivity contribution >= 4 is 17.5 Å². The molecule has 0 saturated carbocycles. The summed E-state index contributed by atoms with van der Waals surface area (Å²) in [5.41, 5.74) is 3.37. The number of aromatic hydroxyl groups is 1. The summed E-state index contributed by atoms with van der Waals surface area (Å²) in [6, 6.07) is 9.33. The minimum atomic E-state index is -2.94. The Morgan fingerprint density at radius 2 is 1.64 bits per heavy atom. The lowest BCUT2D eigenvalue weighted by molar-refractivity contribution is -0.162. The fourth-order valence-electron chi connectivity index (χ4n) is 6.59. The van der Waals surface area contributed by atoms with Crippen molar-refractivity contribution in [2.75, 3.05) is 14.1 Å². The summed E-state index contributed by atoms with van der Waals surface area (Å²) in [7, 11) is 2.99. The van der Waals surface area contributed by atoms with Crippen molar-refractivity contribution in [3.63, 3.8) is 0 Å². The van der Waals surface area contributed by atoms with Crippen molar-refractivity contribution in [1.29, 1.82) is 0 Å². The molecule has 10 nitrogen and oxygen atoms in total. The highest BCUT2D eigenvalue weighted by Gasteiger charge is 2.67. The van der Waals surface area contributed by atoms with Crippen LogP contribution in [0.2, 0.25) is 0 Å². The number of fused-ring (bicyclic) bond motifs is 3. The molecule has 3 aliphatic rings. The van der Waals surface area contributed by atoms with Crippen molar-refractivity contribution in [1.82, 2.24) is 4.90 Å². The van der Waals surface area contributed by atoms with Gasteiger partial charge in [0.1, 0.15) is 22.8 Å². The molecule has 0 bridgehead atoms. The molecule has 0 saturated heterocycles. The first kappa shape index (κ1) is 26.6. The number of nitrogens with zero attached hydrogens (tertiary/aromatic N) is 1. The maximum atomic E-state index is 14.0. The van der Waals surface area contributed by atoms with E-state index >= 15 is 0 Å². The molecule has 0 radical (unpaired) electrons. The van der Waals surface area contributed by atoms with Crippen molar-refractivity contribution in [2.24, 2.45) is 17.6 Å². The zero-order chi connectivity index (χ0) is 28.7. The van der Waals surface area contributed by atoms with Crippen LogP contribution in [-0.4, -0.2) is 79.7 Å². The van der Waals surface area contributed by atoms with Gasteiger partial charge >= 0.3 is 0 Å². The molecule has 0 aromatic heterocycles. The number of carbonyl (C=O) groups is 3. The van der Waals surface area contributed by atoms with Gasteiger partial charge in [0.2, 0.25) is 5.78 Å². The Morgan fingerprint density at radius 1 is 1.03 bits per heavy atom. The van der Waals surface area contributed by atoms with Crippen molar-refractivity contribution in [2.45, 2.75) is 37.5 Å². The number of Topliss-reactive ketones (excluding diaryl/α,β-unsaturated/α-hetero) is 2. The molecule has 204 valence electrons. The van der Waals surface area contributed by atoms with E-state index in [-0.39, 0.29) is 11.3 Å². The number of amides is 1. The first-order valence-electron chi connectivity index (χ1n) is 12.5. The third kappa shape index (κ3) is 3.42. The molecule has 0 unspecified atom stereocenters. The van der Waals surface area contributed by atoms with Crippen LogP contribution < -0.4 is 5.73 Å². The maximum Gasteiger partial charge on any atom is 0.255 e. The molecule has 5 rings (SSSR count). The van der Waals surface area contributed by atoms with Gasteiger partial charge < -0.3 is 31.3 Å². The third-order valence-corrected chi connectivity index (χ3v) is 8.49. The Labute approximate surface area is 224 Å². The number of phenols is 1. The van der Waals surface area contributed by atoms with Crippen LogP contribution in [0.4, 0.5) is 0 Å². The predicted octanol–water partition coefficient (Wildman–Crippen LogP) is 1.63. The van der Waals surface area contributed by atoms with Crippen molar-refractivity contribution in [3.8, 4) is 16.9 Å². The second kappa shape index (κ2) is 8.77. The van der Waals surface area contributed by atoms with Gasteiger partial charge in [-0.3, -0.25) is 19.3 Å². The minimum absolute atomic E-state index is 0.117. The van der Waals surface area contributed by atoms with Crippen LogP contribution in [0.3, 0.4) is 0 Å². The molecule has 7 N–H and O–H groups in total. The molecule has 6 atom stereocenters. The van der Waals surface area contributed by atoms with Crippen LogP contribution in [0.5, 0.6) is 5.75 Å². The molecule has 2 aromatic rings. The lowest BCUT2D eigenvalue weighted by Gasteiger charge is -2.53. The number of benzene rings is 2. The molecular formula is C29H30N2O8. The van der Waals surface area contributed by atoms with Crippen LogP contribution >= 0.6 is 0 Å². The third-order valence-electron chi connectivity index (χ3n) is 8.49. The number of hydrogen-bond donors (Lipinski definition) is 6. The molecule has 0 heterocycles. The molecule has 1 amide bonds. The summed E-state index contributed by atoms with van der Waals surface area (Å²) >= 11 is 0. The first-order chi connectivity index (χ1) is 18.2. The Balaban J connectivity index is 1.76. The first-order valence-corrected chi connectivity index (χ1v) is 12.5. The number of ketones is 2. The summed E-state index contributed by atoms with van der Waals surface area (Å²) in [6.45, 7) is 3.61. The summed E-state index contributed by atoms with van der Waals surface area (Å²) in [4.78, 5) is 40.9. The number of aliphatic hydroxyl groups excluding tert-OH is 3. The number of aliphatic hydroxyl groups is 4. The Morgan fingerprint density at radius 3 is 2.21 bits per heavy atom. The largest absolute Gasteiger partial charge is 0.510 e. The van der Waals surface area contributed by atoms with E-state index in [1.807, 2.05) is 19.1 Å². The summed E-state index contributed by atoms with van der Waals surface area (Å²) in [5, 5.41) is 57.0. The maximum absolute atomic E-state index is 14.0. The SMILES string of the molecule is Cc1ccc(-c2ccc3c(c2O)C(=O)C2=C(O)[C@]4(O)C(=O)C(C(N)=O)=C(O)[C@@H](N(C)C)[C@@H]4[C@@H](O)[C@@H]2[C@H]3C)cc1. The number of carbonyl (C=O) groups excluding carboxylic acids is 3. The van der Waals surface area contributed by atoms with E-state index in [9.17, 15) is 39.9 Å². The standard InChI is InChI=1S/C29H30N2O8/c1-11-5-7-13(8-6-11)15-10-9-14-12(2)16-18(23(33)17(14)22(15)32)26(36)29(39)20(24(16)34)21(31(3)4)25(35)19(27(29)37)28(30)38/h5-10,12,16,20-21,24,32,34-36,39H,1-4H3,(H2,30,38)/t12-,16+,20+,21-,24-,29-/m0/s1. The normalized spacial score (nSPS) is 30.3. The van der Waals surface area contributed by atoms with E-state index in [1.54, 1.807) is 31.2 Å². The predicted molar refractivity (Wildman–Crippen MR) is 140 cm³/mol. The summed E-state index contributed by atoms with van der Waals surface area (Å²) < 4.78 is 0. The minimum Gasteiger partial charge on any atom is -0.510 e. The van der Waals surface area contributed by atoms with Gasteiger partial charge in [-0.15, -0.1) is 0 Å². The smallest absolute Gasteiger partial charge is 0.255 e. The van der Waals surface area contributed by atoms with Gasteiger partial charge in [-0.25, -0.2) is 0 Å². The van der Waals surface area contributed by atoms with E-state index in [0.29, 0.717) is 16.7 Å². The lowest BCUT2D eigenvalue weighted by Crippen LogP contribution is -2.68. The van der Waals surface area contributed by atoms with E-state index in [2.05, 4.69) is 0 Å². The molecule has 2 aromatic carbocycles. The topological polar surface area (TPSA) is 182 Å². The number of likely N-dealkylation sites (N-methyl/N-ethyl adjacent to an activating group) is 1. The van der Waals surface area contributed by atoms with Gasteiger partial charge in [0.05, 0.1) is 23.6 Å². The van der Waals surface area contributed by atoms with Crippen LogP contribution in [0.15, 0.2) is 59.1 Å². The zero-order valence-corrected chi connectivity index (χ0v) is 21.8. The molecular weight excluding hydrogens is 504 g/mol. The van der Waals surface area contributed by atoms with E-state index in [1.165, 1.54) is 19.0 Å². The van der Waals surface area contributed by atoms with Crippen LogP contribution in [0.25, 0.3) is 11.1 Å². The fraction of sp³-hybridized carbons (Fsp3) is 0.345. The summed E-state index contributed by atoms with van der Waals surface area (Å²) in [5.74, 6) is -9.03. The number of phenolic OH excluding ortho intramolecular Hbond substituents is 1. The highest BCUT2D eigenvalue weighted by atomic mass is 16.4. The van der Waals surface area contributed by atoms with Crippen LogP contribution in [-0.2, 0) is 9.59 Å². The van der Waals surface area contributed by atoms with Gasteiger partial charge in [-0.05, 0) is 38.1 Å². The van der Waals surface area contributed by atoms with Gasteiger partial charge in [0.15, 0.2) is 11.4 Å². The van der Waals surface area contributed by atoms with Gasteiger partial charge in [0.25, 0.3) is 5.91 Å². The van der Waals surface area contributed by atoms with E-state index in [4.69, 9.17) is 5.73 Å². The van der Waals surface area contributed by atoms with Crippen LogP contribution in [0.1, 0.15) is 34.3 Å². The zero-order valence-electron chi connectivity index (χ0n) is 21.8. The van der Waals surface area contributed by atoms with E-state index < -0.39 is 75.6 Å². The molecule has 0 aliphatic heterocycles. The monoisotopic (exact) mass is 534 g/mol. The fourth-order valence-corrected chi connectivity index (χ4v) is 6.59. The molecule has 3 aliphatic carbocycles. The van der Waals surface area contributed by atoms with Gasteiger partial charge in [-0.1, -0.05) is 48.9 Å². The Hall–Kier alpha value is -3.99. The number of hydrogen-bond acceptors (Lipinski definition) is 9. The quantitative estimate of drug-likeness (QED) is 0.319. The number of rotatable bonds is 3. The van der Waals surface area contributed by atoms with Gasteiger partial charge in [-0.2, -0.15) is 0 Å². The van der Waals surface area contributed by atoms with Crippen molar-refractivity contribution < 1.29 is 39.9 Å².